The Hall–Kier alpha value is -1.72. The Morgan fingerprint density at radius 2 is 2.13 bits per heavy atom. The van der Waals surface area contributed by atoms with Crippen LogP contribution >= 0.6 is 12.4 Å². The molecule has 0 aliphatic carbocycles. The Balaban J connectivity index is 0.00000192. The molecule has 1 amide bonds. The van der Waals surface area contributed by atoms with Crippen molar-refractivity contribution >= 4 is 29.3 Å². The molecule has 5 nitrogen and oxygen atoms in total. The zero-order valence-corrected chi connectivity index (χ0v) is 14.3. The van der Waals surface area contributed by atoms with Crippen molar-refractivity contribution in [2.75, 3.05) is 13.1 Å². The first kappa shape index (κ1) is 17.6. The second kappa shape index (κ2) is 7.23. The number of benzene rings is 1. The quantitative estimate of drug-likeness (QED) is 0.905. The fourth-order valence-corrected chi connectivity index (χ4v) is 3.09. The fourth-order valence-electron chi connectivity index (χ4n) is 3.09. The first-order chi connectivity index (χ1) is 10.6. The molecule has 3 rings (SSSR count). The van der Waals surface area contributed by atoms with Gasteiger partial charge in [-0.1, -0.05) is 19.9 Å². The van der Waals surface area contributed by atoms with Crippen molar-refractivity contribution in [3.05, 3.63) is 36.2 Å². The summed E-state index contributed by atoms with van der Waals surface area (Å²) in [6.45, 7) is 6.14. The predicted molar refractivity (Wildman–Crippen MR) is 93.9 cm³/mol. The maximum absolute atomic E-state index is 12.5. The molecule has 1 aromatic carbocycles. The van der Waals surface area contributed by atoms with Crippen LogP contribution in [0.1, 0.15) is 37.0 Å². The van der Waals surface area contributed by atoms with Gasteiger partial charge in [0.1, 0.15) is 5.52 Å². The van der Waals surface area contributed by atoms with Gasteiger partial charge in [-0.25, -0.2) is 0 Å². The van der Waals surface area contributed by atoms with Crippen molar-refractivity contribution in [3.8, 4) is 0 Å². The highest BCUT2D eigenvalue weighted by Crippen LogP contribution is 2.29. The lowest BCUT2D eigenvalue weighted by molar-refractivity contribution is 0.0930. The molecule has 0 spiro atoms. The number of aromatic nitrogens is 2. The van der Waals surface area contributed by atoms with Gasteiger partial charge in [-0.15, -0.1) is 12.4 Å². The third-order valence-corrected chi connectivity index (χ3v) is 4.54. The van der Waals surface area contributed by atoms with Gasteiger partial charge >= 0.3 is 0 Å². The van der Waals surface area contributed by atoms with Gasteiger partial charge in [-0.05, 0) is 36.9 Å². The highest BCUT2D eigenvalue weighted by molar-refractivity contribution is 6.04. The van der Waals surface area contributed by atoms with Gasteiger partial charge in [0.05, 0.1) is 11.1 Å². The van der Waals surface area contributed by atoms with E-state index in [-0.39, 0.29) is 23.7 Å². The van der Waals surface area contributed by atoms with Crippen molar-refractivity contribution < 1.29 is 4.79 Å². The zero-order valence-electron chi connectivity index (χ0n) is 13.5. The number of hydrogen-bond donors (Lipinski definition) is 2. The average Bonchev–Trinajstić information content (AvgIpc) is 2.52. The molecule has 1 atom stereocenters. The monoisotopic (exact) mass is 334 g/mol. The molecule has 1 aliphatic rings. The number of nitrogens with one attached hydrogen (secondary N) is 2. The summed E-state index contributed by atoms with van der Waals surface area (Å²) < 4.78 is 0. The van der Waals surface area contributed by atoms with E-state index in [1.54, 1.807) is 18.5 Å². The molecule has 0 radical (unpaired) electrons. The third-order valence-electron chi connectivity index (χ3n) is 4.54. The van der Waals surface area contributed by atoms with Gasteiger partial charge in [-0.2, -0.15) is 0 Å². The Morgan fingerprint density at radius 1 is 1.35 bits per heavy atom. The smallest absolute Gasteiger partial charge is 0.253 e. The number of carbonyl (C=O) groups excluding carboxylic acids is 1. The van der Waals surface area contributed by atoms with E-state index in [1.807, 2.05) is 12.1 Å². The third kappa shape index (κ3) is 3.79. The van der Waals surface area contributed by atoms with E-state index in [4.69, 9.17) is 0 Å². The largest absolute Gasteiger partial charge is 0.350 e. The average molecular weight is 335 g/mol. The molecular formula is C17H23ClN4O. The summed E-state index contributed by atoms with van der Waals surface area (Å²) in [4.78, 5) is 21.0. The van der Waals surface area contributed by atoms with Crippen LogP contribution in [0.2, 0.25) is 0 Å². The van der Waals surface area contributed by atoms with Gasteiger partial charge < -0.3 is 10.6 Å². The van der Waals surface area contributed by atoms with Crippen molar-refractivity contribution in [1.29, 1.82) is 0 Å². The van der Waals surface area contributed by atoms with Crippen LogP contribution in [0.15, 0.2) is 30.6 Å². The Labute approximate surface area is 142 Å². The Kier molecular flexibility index (Phi) is 5.55. The summed E-state index contributed by atoms with van der Waals surface area (Å²) in [6, 6.07) is 5.80. The highest BCUT2D eigenvalue weighted by atomic mass is 35.5. The van der Waals surface area contributed by atoms with Crippen LogP contribution in [0, 0.1) is 5.41 Å². The molecule has 2 aromatic rings. The molecule has 124 valence electrons. The van der Waals surface area contributed by atoms with Crippen LogP contribution in [0.5, 0.6) is 0 Å². The van der Waals surface area contributed by atoms with E-state index < -0.39 is 0 Å². The lowest BCUT2D eigenvalue weighted by atomic mass is 9.77. The van der Waals surface area contributed by atoms with Gasteiger partial charge in [0.2, 0.25) is 0 Å². The second-order valence-electron chi connectivity index (χ2n) is 6.54. The lowest BCUT2D eigenvalue weighted by Gasteiger charge is -2.39. The fraction of sp³-hybridized carbons (Fsp3) is 0.471. The van der Waals surface area contributed by atoms with Crippen LogP contribution in [0.4, 0.5) is 0 Å². The molecule has 23 heavy (non-hydrogen) atoms. The number of hydrogen-bond acceptors (Lipinski definition) is 4. The summed E-state index contributed by atoms with van der Waals surface area (Å²) >= 11 is 0. The van der Waals surface area contributed by atoms with Crippen LogP contribution in [-0.4, -0.2) is 35.0 Å². The number of carbonyl (C=O) groups is 1. The molecule has 1 aromatic heterocycles. The maximum atomic E-state index is 12.5. The topological polar surface area (TPSA) is 66.9 Å². The summed E-state index contributed by atoms with van der Waals surface area (Å²) in [5, 5.41) is 6.56. The molecule has 6 heteroatoms. The minimum absolute atomic E-state index is 0. The van der Waals surface area contributed by atoms with Gasteiger partial charge in [-0.3, -0.25) is 14.8 Å². The van der Waals surface area contributed by atoms with Crippen molar-refractivity contribution in [2.24, 2.45) is 5.41 Å². The molecule has 1 unspecified atom stereocenters. The standard InChI is InChI=1S/C17H22N4O.ClH/c1-17(2)7-4-8-19-14(17)11-21-16(22)12-5-3-6-13-15(12)20-10-9-18-13;/h3,5-6,9-10,14,19H,4,7-8,11H2,1-2H3,(H,21,22);1H. The Morgan fingerprint density at radius 3 is 2.91 bits per heavy atom. The van der Waals surface area contributed by atoms with E-state index in [0.29, 0.717) is 23.7 Å². The summed E-state index contributed by atoms with van der Waals surface area (Å²) in [7, 11) is 0. The van der Waals surface area contributed by atoms with E-state index in [9.17, 15) is 4.79 Å². The molecule has 2 N–H and O–H groups in total. The van der Waals surface area contributed by atoms with Crippen LogP contribution < -0.4 is 10.6 Å². The zero-order chi connectivity index (χ0) is 15.6. The lowest BCUT2D eigenvalue weighted by Crippen LogP contribution is -2.52. The first-order valence-electron chi connectivity index (χ1n) is 7.79. The molecule has 2 heterocycles. The van der Waals surface area contributed by atoms with E-state index in [2.05, 4.69) is 34.4 Å². The number of halogens is 1. The number of amides is 1. The van der Waals surface area contributed by atoms with E-state index in [1.165, 1.54) is 12.8 Å². The molecular weight excluding hydrogens is 312 g/mol. The number of nitrogens with zero attached hydrogens (tertiary/aromatic N) is 2. The number of piperidine rings is 1. The van der Waals surface area contributed by atoms with Gasteiger partial charge in [0.15, 0.2) is 0 Å². The number of fused-ring (bicyclic) bond motifs is 1. The molecule has 1 fully saturated rings. The van der Waals surface area contributed by atoms with Gasteiger partial charge in [0, 0.05) is 25.0 Å². The second-order valence-corrected chi connectivity index (χ2v) is 6.54. The normalized spacial score (nSPS) is 19.8. The van der Waals surface area contributed by atoms with Crippen LogP contribution in [-0.2, 0) is 0 Å². The van der Waals surface area contributed by atoms with Crippen LogP contribution in [0.25, 0.3) is 11.0 Å². The number of para-hydroxylation sites is 1. The van der Waals surface area contributed by atoms with Crippen molar-refractivity contribution in [3.63, 3.8) is 0 Å². The predicted octanol–water partition coefficient (Wildman–Crippen LogP) is 2.56. The SMILES string of the molecule is CC1(C)CCCNC1CNC(=O)c1cccc2nccnc12.Cl. The summed E-state index contributed by atoms with van der Waals surface area (Å²) in [6.07, 6.45) is 5.63. The van der Waals surface area contributed by atoms with Gasteiger partial charge in [0.25, 0.3) is 5.91 Å². The summed E-state index contributed by atoms with van der Waals surface area (Å²) in [5.74, 6) is -0.0886. The highest BCUT2D eigenvalue weighted by Gasteiger charge is 2.32. The molecule has 0 bridgehead atoms. The van der Waals surface area contributed by atoms with Crippen molar-refractivity contribution in [1.82, 2.24) is 20.6 Å². The first-order valence-corrected chi connectivity index (χ1v) is 7.79. The van der Waals surface area contributed by atoms with E-state index >= 15 is 0 Å². The van der Waals surface area contributed by atoms with Crippen molar-refractivity contribution in [2.45, 2.75) is 32.7 Å². The summed E-state index contributed by atoms with van der Waals surface area (Å²) in [5.41, 5.74) is 2.17. The molecule has 0 saturated carbocycles. The van der Waals surface area contributed by atoms with E-state index in [0.717, 1.165) is 12.1 Å². The molecule has 1 saturated heterocycles. The maximum Gasteiger partial charge on any atom is 0.253 e. The Bertz CT molecular complexity index is 684. The minimum Gasteiger partial charge on any atom is -0.350 e. The number of rotatable bonds is 3. The minimum atomic E-state index is -0.0886. The molecule has 1 aliphatic heterocycles. The van der Waals surface area contributed by atoms with Crippen LogP contribution in [0.3, 0.4) is 0 Å².